The average molecular weight is 250 g/mol. The number of benzene rings is 1. The van der Waals surface area contributed by atoms with Crippen molar-refractivity contribution in [1.82, 2.24) is 0 Å². The standard InChI is InChI=1S/C13H14O5/c1-15-10-6-8-7-18-11(14)5-4-9(8)12(16-2)13(10)17-3/h4-6H,7H2,1-3H3. The van der Waals surface area contributed by atoms with Gasteiger partial charge in [-0.2, -0.15) is 0 Å². The Morgan fingerprint density at radius 1 is 1.06 bits per heavy atom. The maximum atomic E-state index is 11.2. The van der Waals surface area contributed by atoms with E-state index >= 15 is 0 Å². The molecule has 0 amide bonds. The molecule has 0 N–H and O–H groups in total. The minimum absolute atomic E-state index is 0.178. The van der Waals surface area contributed by atoms with Crippen LogP contribution in [-0.2, 0) is 16.1 Å². The van der Waals surface area contributed by atoms with E-state index < -0.39 is 0 Å². The first kappa shape index (κ1) is 12.3. The Labute approximate surface area is 105 Å². The molecule has 1 aliphatic rings. The Bertz CT molecular complexity index is 505. The quantitative estimate of drug-likeness (QED) is 0.765. The van der Waals surface area contributed by atoms with E-state index in [1.807, 2.05) is 0 Å². The molecule has 96 valence electrons. The van der Waals surface area contributed by atoms with Crippen LogP contribution >= 0.6 is 0 Å². The van der Waals surface area contributed by atoms with Crippen molar-refractivity contribution in [1.29, 1.82) is 0 Å². The molecule has 0 atom stereocenters. The second-order valence-electron chi connectivity index (χ2n) is 3.66. The first-order valence-electron chi connectivity index (χ1n) is 5.38. The Balaban J connectivity index is 2.66. The lowest BCUT2D eigenvalue weighted by Crippen LogP contribution is -2.02. The first-order chi connectivity index (χ1) is 8.71. The van der Waals surface area contributed by atoms with E-state index in [0.29, 0.717) is 17.2 Å². The van der Waals surface area contributed by atoms with E-state index in [1.165, 1.54) is 13.2 Å². The van der Waals surface area contributed by atoms with Gasteiger partial charge in [-0.05, 0) is 12.1 Å². The smallest absolute Gasteiger partial charge is 0.331 e. The van der Waals surface area contributed by atoms with Crippen molar-refractivity contribution in [3.63, 3.8) is 0 Å². The Kier molecular flexibility index (Phi) is 3.41. The lowest BCUT2D eigenvalue weighted by atomic mass is 10.0. The molecule has 1 aliphatic heterocycles. The van der Waals surface area contributed by atoms with Gasteiger partial charge in [0.25, 0.3) is 0 Å². The zero-order chi connectivity index (χ0) is 13.1. The molecule has 1 aromatic carbocycles. The molecule has 1 aromatic rings. The summed E-state index contributed by atoms with van der Waals surface area (Å²) in [5, 5.41) is 0. The van der Waals surface area contributed by atoms with Crippen LogP contribution in [0.25, 0.3) is 6.08 Å². The van der Waals surface area contributed by atoms with Crippen molar-refractivity contribution < 1.29 is 23.7 Å². The van der Waals surface area contributed by atoms with Gasteiger partial charge in [-0.1, -0.05) is 0 Å². The highest BCUT2D eigenvalue weighted by atomic mass is 16.5. The maximum absolute atomic E-state index is 11.2. The number of carbonyl (C=O) groups excluding carboxylic acids is 1. The summed E-state index contributed by atoms with van der Waals surface area (Å²) in [6, 6.07) is 1.78. The fraction of sp³-hybridized carbons (Fsp3) is 0.308. The van der Waals surface area contributed by atoms with Crippen molar-refractivity contribution >= 4 is 12.0 Å². The van der Waals surface area contributed by atoms with Crippen molar-refractivity contribution in [2.45, 2.75) is 6.61 Å². The van der Waals surface area contributed by atoms with Gasteiger partial charge in [0.15, 0.2) is 11.5 Å². The van der Waals surface area contributed by atoms with E-state index in [9.17, 15) is 4.79 Å². The molecule has 0 fully saturated rings. The molecular formula is C13H14O5. The highest BCUT2D eigenvalue weighted by molar-refractivity contribution is 5.89. The molecule has 2 rings (SSSR count). The third-order valence-electron chi connectivity index (χ3n) is 2.71. The van der Waals surface area contributed by atoms with Gasteiger partial charge in [-0.15, -0.1) is 0 Å². The number of fused-ring (bicyclic) bond motifs is 1. The molecule has 0 bridgehead atoms. The van der Waals surface area contributed by atoms with Crippen LogP contribution < -0.4 is 14.2 Å². The summed E-state index contributed by atoms with van der Waals surface area (Å²) >= 11 is 0. The van der Waals surface area contributed by atoms with E-state index in [2.05, 4.69) is 0 Å². The second kappa shape index (κ2) is 5.00. The lowest BCUT2D eigenvalue weighted by molar-refractivity contribution is -0.138. The number of esters is 1. The van der Waals surface area contributed by atoms with Crippen LogP contribution in [0.4, 0.5) is 0 Å². The fourth-order valence-electron chi connectivity index (χ4n) is 1.88. The van der Waals surface area contributed by atoms with Gasteiger partial charge < -0.3 is 18.9 Å². The van der Waals surface area contributed by atoms with Gasteiger partial charge >= 0.3 is 5.97 Å². The largest absolute Gasteiger partial charge is 0.493 e. The van der Waals surface area contributed by atoms with Crippen LogP contribution in [-0.4, -0.2) is 27.3 Å². The summed E-state index contributed by atoms with van der Waals surface area (Å²) in [6.45, 7) is 0.178. The van der Waals surface area contributed by atoms with Gasteiger partial charge in [-0.25, -0.2) is 4.79 Å². The number of hydrogen-bond donors (Lipinski definition) is 0. The van der Waals surface area contributed by atoms with Crippen LogP contribution in [0.2, 0.25) is 0 Å². The predicted molar refractivity (Wildman–Crippen MR) is 64.9 cm³/mol. The third-order valence-corrected chi connectivity index (χ3v) is 2.71. The molecule has 0 saturated heterocycles. The number of rotatable bonds is 3. The fourth-order valence-corrected chi connectivity index (χ4v) is 1.88. The molecule has 0 spiro atoms. The molecule has 0 unspecified atom stereocenters. The van der Waals surface area contributed by atoms with Crippen LogP contribution in [0.15, 0.2) is 12.1 Å². The molecule has 0 radical (unpaired) electrons. The maximum Gasteiger partial charge on any atom is 0.331 e. The highest BCUT2D eigenvalue weighted by Crippen LogP contribution is 2.43. The summed E-state index contributed by atoms with van der Waals surface area (Å²) in [6.07, 6.45) is 3.02. The zero-order valence-electron chi connectivity index (χ0n) is 10.5. The van der Waals surface area contributed by atoms with Gasteiger partial charge in [-0.3, -0.25) is 0 Å². The minimum atomic E-state index is -0.383. The van der Waals surface area contributed by atoms with Crippen LogP contribution in [0.1, 0.15) is 11.1 Å². The molecule has 1 heterocycles. The molecule has 0 aliphatic carbocycles. The van der Waals surface area contributed by atoms with Gasteiger partial charge in [0.1, 0.15) is 6.61 Å². The Morgan fingerprint density at radius 2 is 1.78 bits per heavy atom. The van der Waals surface area contributed by atoms with Crippen LogP contribution in [0, 0.1) is 0 Å². The molecule has 0 saturated carbocycles. The number of carbonyl (C=O) groups is 1. The van der Waals surface area contributed by atoms with Crippen LogP contribution in [0.5, 0.6) is 17.2 Å². The summed E-state index contributed by atoms with van der Waals surface area (Å²) < 4.78 is 20.9. The van der Waals surface area contributed by atoms with Crippen molar-refractivity contribution in [2.75, 3.05) is 21.3 Å². The number of ether oxygens (including phenoxy) is 4. The lowest BCUT2D eigenvalue weighted by Gasteiger charge is -2.16. The summed E-state index contributed by atoms with van der Waals surface area (Å²) in [7, 11) is 4.62. The molecule has 5 heteroatoms. The molecular weight excluding hydrogens is 236 g/mol. The Morgan fingerprint density at radius 3 is 2.39 bits per heavy atom. The Hall–Kier alpha value is -2.17. The number of cyclic esters (lactones) is 1. The van der Waals surface area contributed by atoms with E-state index in [-0.39, 0.29) is 12.6 Å². The minimum Gasteiger partial charge on any atom is -0.493 e. The molecule has 18 heavy (non-hydrogen) atoms. The number of hydrogen-bond acceptors (Lipinski definition) is 5. The third kappa shape index (κ3) is 1.99. The van der Waals surface area contributed by atoms with Crippen LogP contribution in [0.3, 0.4) is 0 Å². The van der Waals surface area contributed by atoms with E-state index in [0.717, 1.165) is 11.1 Å². The van der Waals surface area contributed by atoms with Gasteiger partial charge in [0.2, 0.25) is 5.75 Å². The zero-order valence-corrected chi connectivity index (χ0v) is 10.5. The molecule has 5 nitrogen and oxygen atoms in total. The molecule has 0 aromatic heterocycles. The summed E-state index contributed by atoms with van der Waals surface area (Å²) in [5.41, 5.74) is 1.58. The first-order valence-corrected chi connectivity index (χ1v) is 5.38. The summed E-state index contributed by atoms with van der Waals surface area (Å²) in [5.74, 6) is 1.18. The monoisotopic (exact) mass is 250 g/mol. The number of methoxy groups -OCH3 is 3. The highest BCUT2D eigenvalue weighted by Gasteiger charge is 2.21. The van der Waals surface area contributed by atoms with E-state index in [4.69, 9.17) is 18.9 Å². The van der Waals surface area contributed by atoms with Gasteiger partial charge in [0.05, 0.1) is 21.3 Å². The topological polar surface area (TPSA) is 54.0 Å². The SMILES string of the molecule is COc1cc2c(c(OC)c1OC)C=CC(=O)OC2. The predicted octanol–water partition coefficient (Wildman–Crippen LogP) is 1.78. The average Bonchev–Trinajstić information content (AvgIpc) is 2.58. The van der Waals surface area contributed by atoms with E-state index in [1.54, 1.807) is 26.4 Å². The summed E-state index contributed by atoms with van der Waals surface area (Å²) in [4.78, 5) is 11.2. The van der Waals surface area contributed by atoms with Crippen molar-refractivity contribution in [2.24, 2.45) is 0 Å². The second-order valence-corrected chi connectivity index (χ2v) is 3.66. The normalized spacial score (nSPS) is 13.4. The van der Waals surface area contributed by atoms with Crippen molar-refractivity contribution in [3.8, 4) is 17.2 Å². The van der Waals surface area contributed by atoms with Gasteiger partial charge in [0, 0.05) is 17.2 Å². The van der Waals surface area contributed by atoms with Crippen molar-refractivity contribution in [3.05, 3.63) is 23.3 Å².